The summed E-state index contributed by atoms with van der Waals surface area (Å²) in [7, 11) is 0. The second kappa shape index (κ2) is 5.07. The van der Waals surface area contributed by atoms with Crippen LogP contribution < -0.4 is 4.74 Å². The van der Waals surface area contributed by atoms with Crippen LogP contribution in [0.4, 0.5) is 0 Å². The van der Waals surface area contributed by atoms with Gasteiger partial charge in [-0.15, -0.1) is 0 Å². The van der Waals surface area contributed by atoms with Crippen LogP contribution in [-0.4, -0.2) is 6.61 Å². The van der Waals surface area contributed by atoms with Crippen LogP contribution in [0.15, 0.2) is 34.8 Å². The molecule has 70 valence electrons. The molecule has 0 fully saturated rings. The average Bonchev–Trinajstić information content (AvgIpc) is 2.09. The van der Waals surface area contributed by atoms with E-state index in [0.29, 0.717) is 6.61 Å². The Labute approximate surface area is 87.5 Å². The fourth-order valence-electron chi connectivity index (χ4n) is 0.957. The molecule has 0 aliphatic carbocycles. The van der Waals surface area contributed by atoms with Crippen molar-refractivity contribution >= 4 is 15.9 Å². The minimum atomic E-state index is 0.623. The fourth-order valence-corrected chi connectivity index (χ4v) is 1.56. The van der Waals surface area contributed by atoms with Gasteiger partial charge in [-0.3, -0.25) is 0 Å². The predicted molar refractivity (Wildman–Crippen MR) is 59.2 cm³/mol. The minimum Gasteiger partial charge on any atom is -0.488 e. The highest BCUT2D eigenvalue weighted by Crippen LogP contribution is 2.25. The molecule has 0 aliphatic heterocycles. The minimum absolute atomic E-state index is 0.623. The Kier molecular flexibility index (Phi) is 4.03. The second-order valence-electron chi connectivity index (χ2n) is 2.81. The lowest BCUT2D eigenvalue weighted by Gasteiger charge is -2.05. The number of benzene rings is 1. The van der Waals surface area contributed by atoms with Gasteiger partial charge in [0.05, 0.1) is 4.47 Å². The first kappa shape index (κ1) is 10.3. The van der Waals surface area contributed by atoms with E-state index in [1.807, 2.05) is 37.3 Å². The molecule has 1 rings (SSSR count). The van der Waals surface area contributed by atoms with Gasteiger partial charge in [-0.1, -0.05) is 18.2 Å². The lowest BCUT2D eigenvalue weighted by Crippen LogP contribution is -1.93. The van der Waals surface area contributed by atoms with Gasteiger partial charge in [0.2, 0.25) is 0 Å². The second-order valence-corrected chi connectivity index (χ2v) is 3.67. The van der Waals surface area contributed by atoms with Crippen LogP contribution in [0.3, 0.4) is 0 Å². The third-order valence-electron chi connectivity index (χ3n) is 1.66. The standard InChI is InChI=1S/C11H13BrO/c1-3-4-7-13-11-6-5-9(2)8-10(11)12/h3-6,8H,7H2,1-2H3. The van der Waals surface area contributed by atoms with E-state index in [-0.39, 0.29) is 0 Å². The van der Waals surface area contributed by atoms with E-state index in [2.05, 4.69) is 22.9 Å². The van der Waals surface area contributed by atoms with E-state index in [4.69, 9.17) is 4.74 Å². The van der Waals surface area contributed by atoms with Gasteiger partial charge in [-0.25, -0.2) is 0 Å². The van der Waals surface area contributed by atoms with Gasteiger partial charge in [0.15, 0.2) is 0 Å². The normalized spacial score (nSPS) is 10.7. The molecule has 0 atom stereocenters. The molecule has 0 spiro atoms. The topological polar surface area (TPSA) is 9.23 Å². The van der Waals surface area contributed by atoms with Crippen molar-refractivity contribution in [2.24, 2.45) is 0 Å². The number of allylic oxidation sites excluding steroid dienone is 1. The van der Waals surface area contributed by atoms with Crippen molar-refractivity contribution < 1.29 is 4.74 Å². The summed E-state index contributed by atoms with van der Waals surface area (Å²) in [6.07, 6.45) is 3.95. The number of rotatable bonds is 3. The van der Waals surface area contributed by atoms with E-state index in [0.717, 1.165) is 10.2 Å². The molecule has 0 bridgehead atoms. The molecule has 1 aromatic carbocycles. The van der Waals surface area contributed by atoms with Crippen LogP contribution in [0.1, 0.15) is 12.5 Å². The van der Waals surface area contributed by atoms with E-state index < -0.39 is 0 Å². The van der Waals surface area contributed by atoms with Crippen LogP contribution in [-0.2, 0) is 0 Å². The monoisotopic (exact) mass is 240 g/mol. The molecule has 0 saturated heterocycles. The molecule has 1 nitrogen and oxygen atoms in total. The number of aryl methyl sites for hydroxylation is 1. The Bertz CT molecular complexity index is 305. The molecule has 0 amide bonds. The van der Waals surface area contributed by atoms with Gasteiger partial charge in [0.1, 0.15) is 12.4 Å². The van der Waals surface area contributed by atoms with E-state index in [9.17, 15) is 0 Å². The quantitative estimate of drug-likeness (QED) is 0.733. The molecule has 0 aliphatic rings. The highest BCUT2D eigenvalue weighted by atomic mass is 79.9. The summed E-state index contributed by atoms with van der Waals surface area (Å²) in [5.74, 6) is 0.892. The van der Waals surface area contributed by atoms with Crippen molar-refractivity contribution in [2.75, 3.05) is 6.61 Å². The van der Waals surface area contributed by atoms with Crippen molar-refractivity contribution in [3.8, 4) is 5.75 Å². The van der Waals surface area contributed by atoms with Crippen LogP contribution in [0.5, 0.6) is 5.75 Å². The third kappa shape index (κ3) is 3.23. The summed E-state index contributed by atoms with van der Waals surface area (Å²) in [5.41, 5.74) is 1.23. The molecule has 0 radical (unpaired) electrons. The van der Waals surface area contributed by atoms with E-state index >= 15 is 0 Å². The van der Waals surface area contributed by atoms with Gasteiger partial charge in [0, 0.05) is 0 Å². The van der Waals surface area contributed by atoms with Crippen molar-refractivity contribution in [3.05, 3.63) is 40.4 Å². The summed E-state index contributed by atoms with van der Waals surface area (Å²) in [6, 6.07) is 6.06. The maximum Gasteiger partial charge on any atom is 0.133 e. The highest BCUT2D eigenvalue weighted by molar-refractivity contribution is 9.10. The molecule has 13 heavy (non-hydrogen) atoms. The molecule has 1 aromatic rings. The first-order chi connectivity index (χ1) is 6.24. The number of hydrogen-bond acceptors (Lipinski definition) is 1. The summed E-state index contributed by atoms with van der Waals surface area (Å²) in [5, 5.41) is 0. The Balaban J connectivity index is 2.66. The van der Waals surface area contributed by atoms with Crippen LogP contribution >= 0.6 is 15.9 Å². The SMILES string of the molecule is CC=CCOc1ccc(C)cc1Br. The number of ether oxygens (including phenoxy) is 1. The molecule has 0 unspecified atom stereocenters. The molecular weight excluding hydrogens is 228 g/mol. The zero-order valence-corrected chi connectivity index (χ0v) is 9.47. The summed E-state index contributed by atoms with van der Waals surface area (Å²) < 4.78 is 6.51. The van der Waals surface area contributed by atoms with Crippen molar-refractivity contribution in [3.63, 3.8) is 0 Å². The van der Waals surface area contributed by atoms with Gasteiger partial charge in [-0.2, -0.15) is 0 Å². The Morgan fingerprint density at radius 1 is 1.46 bits per heavy atom. The van der Waals surface area contributed by atoms with Crippen LogP contribution in [0.25, 0.3) is 0 Å². The lowest BCUT2D eigenvalue weighted by molar-refractivity contribution is 0.360. The fraction of sp³-hybridized carbons (Fsp3) is 0.273. The molecule has 2 heteroatoms. The van der Waals surface area contributed by atoms with Crippen molar-refractivity contribution in [1.82, 2.24) is 0 Å². The smallest absolute Gasteiger partial charge is 0.133 e. The molecule has 0 heterocycles. The van der Waals surface area contributed by atoms with Crippen LogP contribution in [0.2, 0.25) is 0 Å². The zero-order chi connectivity index (χ0) is 9.68. The third-order valence-corrected chi connectivity index (χ3v) is 2.28. The van der Waals surface area contributed by atoms with Crippen LogP contribution in [0, 0.1) is 6.92 Å². The first-order valence-electron chi connectivity index (χ1n) is 4.24. The van der Waals surface area contributed by atoms with E-state index in [1.165, 1.54) is 5.56 Å². The van der Waals surface area contributed by atoms with Crippen molar-refractivity contribution in [2.45, 2.75) is 13.8 Å². The average molecular weight is 241 g/mol. The van der Waals surface area contributed by atoms with Crippen molar-refractivity contribution in [1.29, 1.82) is 0 Å². The van der Waals surface area contributed by atoms with Gasteiger partial charge in [-0.05, 0) is 47.5 Å². The molecule has 0 saturated carbocycles. The summed E-state index contributed by atoms with van der Waals surface area (Å²) in [6.45, 7) is 4.66. The van der Waals surface area contributed by atoms with Gasteiger partial charge < -0.3 is 4.74 Å². The summed E-state index contributed by atoms with van der Waals surface area (Å²) >= 11 is 3.45. The predicted octanol–water partition coefficient (Wildman–Crippen LogP) is 3.71. The number of hydrogen-bond donors (Lipinski definition) is 0. The summed E-state index contributed by atoms with van der Waals surface area (Å²) in [4.78, 5) is 0. The van der Waals surface area contributed by atoms with Gasteiger partial charge in [0.25, 0.3) is 0 Å². The largest absolute Gasteiger partial charge is 0.488 e. The van der Waals surface area contributed by atoms with E-state index in [1.54, 1.807) is 0 Å². The lowest BCUT2D eigenvalue weighted by atomic mass is 10.2. The maximum absolute atomic E-state index is 5.50. The molecular formula is C11H13BrO. The Morgan fingerprint density at radius 3 is 2.85 bits per heavy atom. The highest BCUT2D eigenvalue weighted by Gasteiger charge is 1.98. The Hall–Kier alpha value is -0.760. The number of halogens is 1. The Morgan fingerprint density at radius 2 is 2.23 bits per heavy atom. The molecule has 0 N–H and O–H groups in total. The zero-order valence-electron chi connectivity index (χ0n) is 7.88. The van der Waals surface area contributed by atoms with Gasteiger partial charge >= 0.3 is 0 Å². The molecule has 0 aromatic heterocycles. The maximum atomic E-state index is 5.50. The first-order valence-corrected chi connectivity index (χ1v) is 5.03.